The third-order valence-corrected chi connectivity index (χ3v) is 5.22. The summed E-state index contributed by atoms with van der Waals surface area (Å²) >= 11 is 0. The van der Waals surface area contributed by atoms with Crippen LogP contribution < -0.4 is 10.0 Å². The first-order valence-corrected chi connectivity index (χ1v) is 9.59. The number of sulfonamides is 1. The summed E-state index contributed by atoms with van der Waals surface area (Å²) in [6, 6.07) is 18.4. The standard InChI is InChI=1S/C20H17FN2O3S/c1-14-7-12-19(18(21)13-14)22-20(24)15-8-10-17(11-9-15)27(25,26)23-16-5-3-2-4-6-16/h2-13,23H,1H3,(H,22,24). The van der Waals surface area contributed by atoms with Crippen molar-refractivity contribution >= 4 is 27.3 Å². The van der Waals surface area contributed by atoms with Gasteiger partial charge in [0.25, 0.3) is 15.9 Å². The highest BCUT2D eigenvalue weighted by Gasteiger charge is 2.16. The van der Waals surface area contributed by atoms with E-state index in [2.05, 4.69) is 10.0 Å². The third kappa shape index (κ3) is 4.51. The van der Waals surface area contributed by atoms with Crippen LogP contribution in [0.15, 0.2) is 77.7 Å². The minimum atomic E-state index is -3.77. The number of amides is 1. The van der Waals surface area contributed by atoms with Crippen LogP contribution in [0.3, 0.4) is 0 Å². The lowest BCUT2D eigenvalue weighted by Gasteiger charge is -2.10. The lowest BCUT2D eigenvalue weighted by molar-refractivity contribution is 0.102. The van der Waals surface area contributed by atoms with Gasteiger partial charge in [-0.05, 0) is 61.0 Å². The van der Waals surface area contributed by atoms with Crippen LogP contribution in [0.25, 0.3) is 0 Å². The molecule has 0 saturated carbocycles. The zero-order valence-electron chi connectivity index (χ0n) is 14.4. The van der Waals surface area contributed by atoms with Crippen molar-refractivity contribution in [3.8, 4) is 0 Å². The van der Waals surface area contributed by atoms with Gasteiger partial charge in [-0.2, -0.15) is 0 Å². The molecule has 0 aliphatic rings. The van der Waals surface area contributed by atoms with E-state index in [1.807, 2.05) is 0 Å². The van der Waals surface area contributed by atoms with Crippen molar-refractivity contribution in [2.45, 2.75) is 11.8 Å². The fourth-order valence-corrected chi connectivity index (χ4v) is 3.48. The molecule has 3 aromatic carbocycles. The Labute approximate surface area is 156 Å². The Kier molecular flexibility index (Phi) is 5.23. The largest absolute Gasteiger partial charge is 0.319 e. The Hall–Kier alpha value is -3.19. The highest BCUT2D eigenvalue weighted by molar-refractivity contribution is 7.92. The molecule has 0 aliphatic heterocycles. The summed E-state index contributed by atoms with van der Waals surface area (Å²) in [6.07, 6.45) is 0. The molecule has 0 atom stereocenters. The number of hydrogen-bond acceptors (Lipinski definition) is 3. The maximum atomic E-state index is 13.9. The quantitative estimate of drug-likeness (QED) is 0.693. The molecule has 3 aromatic rings. The Morgan fingerprint density at radius 1 is 0.926 bits per heavy atom. The van der Waals surface area contributed by atoms with E-state index in [0.29, 0.717) is 5.69 Å². The average molecular weight is 384 g/mol. The molecule has 0 aromatic heterocycles. The van der Waals surface area contributed by atoms with Crippen molar-refractivity contribution in [2.75, 3.05) is 10.0 Å². The Balaban J connectivity index is 1.75. The van der Waals surface area contributed by atoms with E-state index in [1.165, 1.54) is 36.4 Å². The maximum absolute atomic E-state index is 13.9. The third-order valence-electron chi connectivity index (χ3n) is 3.83. The molecule has 0 unspecified atom stereocenters. The molecule has 138 valence electrons. The van der Waals surface area contributed by atoms with Crippen molar-refractivity contribution in [2.24, 2.45) is 0 Å². The van der Waals surface area contributed by atoms with Crippen LogP contribution in [-0.4, -0.2) is 14.3 Å². The minimum Gasteiger partial charge on any atom is -0.319 e. The van der Waals surface area contributed by atoms with Crippen LogP contribution in [0.1, 0.15) is 15.9 Å². The number of aryl methyl sites for hydroxylation is 1. The summed E-state index contributed by atoms with van der Waals surface area (Å²) in [4.78, 5) is 12.3. The SMILES string of the molecule is Cc1ccc(NC(=O)c2ccc(S(=O)(=O)Nc3ccccc3)cc2)c(F)c1. The summed E-state index contributed by atoms with van der Waals surface area (Å²) in [5.74, 6) is -1.06. The van der Waals surface area contributed by atoms with Crippen LogP contribution in [0.4, 0.5) is 15.8 Å². The Morgan fingerprint density at radius 2 is 1.59 bits per heavy atom. The van der Waals surface area contributed by atoms with Gasteiger partial charge in [-0.3, -0.25) is 9.52 Å². The van der Waals surface area contributed by atoms with Gasteiger partial charge in [-0.25, -0.2) is 12.8 Å². The van der Waals surface area contributed by atoms with Crippen LogP contribution in [-0.2, 0) is 10.0 Å². The number of para-hydroxylation sites is 1. The van der Waals surface area contributed by atoms with E-state index >= 15 is 0 Å². The van der Waals surface area contributed by atoms with Gasteiger partial charge in [0.2, 0.25) is 0 Å². The topological polar surface area (TPSA) is 75.3 Å². The Bertz CT molecular complexity index is 1070. The second-order valence-corrected chi connectivity index (χ2v) is 7.62. The zero-order valence-corrected chi connectivity index (χ0v) is 15.3. The molecule has 27 heavy (non-hydrogen) atoms. The van der Waals surface area contributed by atoms with Gasteiger partial charge in [0.1, 0.15) is 5.82 Å². The van der Waals surface area contributed by atoms with Gasteiger partial charge < -0.3 is 5.32 Å². The predicted octanol–water partition coefficient (Wildman–Crippen LogP) is 4.19. The molecule has 5 nitrogen and oxygen atoms in total. The molecule has 2 N–H and O–H groups in total. The molecule has 0 saturated heterocycles. The first-order valence-electron chi connectivity index (χ1n) is 8.10. The van der Waals surface area contributed by atoms with Crippen molar-refractivity contribution in [3.05, 3.63) is 89.7 Å². The lowest BCUT2D eigenvalue weighted by Crippen LogP contribution is -2.15. The van der Waals surface area contributed by atoms with E-state index in [1.54, 1.807) is 43.3 Å². The highest BCUT2D eigenvalue weighted by atomic mass is 32.2. The normalized spacial score (nSPS) is 11.0. The Morgan fingerprint density at radius 3 is 2.22 bits per heavy atom. The highest BCUT2D eigenvalue weighted by Crippen LogP contribution is 2.19. The number of carbonyl (C=O) groups is 1. The molecule has 0 fully saturated rings. The van der Waals surface area contributed by atoms with Gasteiger partial charge in [0.15, 0.2) is 0 Å². The number of nitrogens with one attached hydrogen (secondary N) is 2. The summed E-state index contributed by atoms with van der Waals surface area (Å²) in [5, 5.41) is 2.47. The predicted molar refractivity (Wildman–Crippen MR) is 103 cm³/mol. The molecule has 0 heterocycles. The molecular formula is C20H17FN2O3S. The number of rotatable bonds is 5. The second kappa shape index (κ2) is 7.59. The van der Waals surface area contributed by atoms with Gasteiger partial charge >= 0.3 is 0 Å². The van der Waals surface area contributed by atoms with E-state index in [9.17, 15) is 17.6 Å². The van der Waals surface area contributed by atoms with Gasteiger partial charge in [0, 0.05) is 11.3 Å². The maximum Gasteiger partial charge on any atom is 0.261 e. The fraction of sp³-hybridized carbons (Fsp3) is 0.0500. The van der Waals surface area contributed by atoms with Crippen LogP contribution in [0, 0.1) is 12.7 Å². The lowest BCUT2D eigenvalue weighted by atomic mass is 10.2. The minimum absolute atomic E-state index is 0.0180. The van der Waals surface area contributed by atoms with E-state index in [0.717, 1.165) is 5.56 Å². The summed E-state index contributed by atoms with van der Waals surface area (Å²) in [7, 11) is -3.77. The second-order valence-electron chi connectivity index (χ2n) is 5.93. The monoisotopic (exact) mass is 384 g/mol. The van der Waals surface area contributed by atoms with Crippen LogP contribution >= 0.6 is 0 Å². The number of carbonyl (C=O) groups excluding carboxylic acids is 1. The number of halogens is 1. The molecule has 3 rings (SSSR count). The van der Waals surface area contributed by atoms with E-state index < -0.39 is 21.7 Å². The molecule has 7 heteroatoms. The molecule has 0 radical (unpaired) electrons. The molecular weight excluding hydrogens is 367 g/mol. The van der Waals surface area contributed by atoms with E-state index in [-0.39, 0.29) is 16.1 Å². The molecule has 0 bridgehead atoms. The van der Waals surface area contributed by atoms with Crippen LogP contribution in [0.5, 0.6) is 0 Å². The smallest absolute Gasteiger partial charge is 0.261 e. The first-order chi connectivity index (χ1) is 12.8. The number of hydrogen-bond donors (Lipinski definition) is 2. The average Bonchev–Trinajstić information content (AvgIpc) is 2.64. The zero-order chi connectivity index (χ0) is 19.4. The first kappa shape index (κ1) is 18.6. The van der Waals surface area contributed by atoms with Gasteiger partial charge in [-0.1, -0.05) is 24.3 Å². The number of benzene rings is 3. The van der Waals surface area contributed by atoms with E-state index in [4.69, 9.17) is 0 Å². The summed E-state index contributed by atoms with van der Waals surface area (Å²) < 4.78 is 41.1. The van der Waals surface area contributed by atoms with Crippen molar-refractivity contribution < 1.29 is 17.6 Å². The van der Waals surface area contributed by atoms with Crippen molar-refractivity contribution in [1.29, 1.82) is 0 Å². The van der Waals surface area contributed by atoms with Crippen molar-refractivity contribution in [3.63, 3.8) is 0 Å². The van der Waals surface area contributed by atoms with Gasteiger partial charge in [-0.15, -0.1) is 0 Å². The molecule has 0 spiro atoms. The summed E-state index contributed by atoms with van der Waals surface area (Å²) in [5.41, 5.74) is 1.46. The van der Waals surface area contributed by atoms with Gasteiger partial charge in [0.05, 0.1) is 10.6 Å². The molecule has 1 amide bonds. The molecule has 0 aliphatic carbocycles. The van der Waals surface area contributed by atoms with Crippen molar-refractivity contribution in [1.82, 2.24) is 0 Å². The number of anilines is 2. The fourth-order valence-electron chi connectivity index (χ4n) is 2.42. The van der Waals surface area contributed by atoms with Crippen LogP contribution in [0.2, 0.25) is 0 Å². The summed E-state index contributed by atoms with van der Waals surface area (Å²) in [6.45, 7) is 1.75.